The van der Waals surface area contributed by atoms with Crippen LogP contribution in [0.1, 0.15) is 16.8 Å². The Bertz CT molecular complexity index is 948. The molecular formula is C22H24ClN3O4. The van der Waals surface area contributed by atoms with Gasteiger partial charge < -0.3 is 25.3 Å². The van der Waals surface area contributed by atoms with Gasteiger partial charge in [-0.1, -0.05) is 29.8 Å². The zero-order chi connectivity index (χ0) is 21.5. The average molecular weight is 430 g/mol. The third-order valence-electron chi connectivity index (χ3n) is 4.77. The van der Waals surface area contributed by atoms with E-state index in [9.17, 15) is 14.7 Å². The second-order valence-corrected chi connectivity index (χ2v) is 7.22. The van der Waals surface area contributed by atoms with Crippen LogP contribution in [-0.4, -0.2) is 54.9 Å². The van der Waals surface area contributed by atoms with Crippen LogP contribution in [0.3, 0.4) is 0 Å². The number of carboxylic acid groups (broad SMARTS) is 1. The zero-order valence-corrected chi connectivity index (χ0v) is 17.2. The minimum absolute atomic E-state index is 0.149. The number of nitrogens with one attached hydrogen (secondary N) is 1. The largest absolute Gasteiger partial charge is 0.478 e. The van der Waals surface area contributed by atoms with Gasteiger partial charge in [-0.25, -0.2) is 4.79 Å². The minimum atomic E-state index is -0.969. The molecule has 2 aromatic rings. The highest BCUT2D eigenvalue weighted by molar-refractivity contribution is 6.31. The summed E-state index contributed by atoms with van der Waals surface area (Å²) < 4.78 is 0. The summed E-state index contributed by atoms with van der Waals surface area (Å²) >= 11 is 6.28. The molecule has 0 aromatic heterocycles. The lowest BCUT2D eigenvalue weighted by Crippen LogP contribution is -2.33. The summed E-state index contributed by atoms with van der Waals surface area (Å²) in [4.78, 5) is 27.4. The number of rotatable bonds is 9. The van der Waals surface area contributed by atoms with Crippen LogP contribution in [0.5, 0.6) is 0 Å². The summed E-state index contributed by atoms with van der Waals surface area (Å²) in [6.07, 6.45) is 3.43. The first-order valence-corrected chi connectivity index (χ1v) is 10.1. The van der Waals surface area contributed by atoms with Crippen molar-refractivity contribution in [3.8, 4) is 0 Å². The molecule has 1 heterocycles. The lowest BCUT2D eigenvalue weighted by Gasteiger charge is -2.27. The number of carboxylic acids is 1. The Kier molecular flexibility index (Phi) is 7.46. The van der Waals surface area contributed by atoms with E-state index in [2.05, 4.69) is 10.2 Å². The number of anilines is 3. The Morgan fingerprint density at radius 1 is 1.07 bits per heavy atom. The fourth-order valence-corrected chi connectivity index (χ4v) is 3.65. The number of amides is 1. The summed E-state index contributed by atoms with van der Waals surface area (Å²) in [5.41, 5.74) is 2.86. The number of aliphatic hydroxyl groups is 1. The summed E-state index contributed by atoms with van der Waals surface area (Å²) in [7, 11) is 0. The third-order valence-corrected chi connectivity index (χ3v) is 5.01. The molecule has 1 amide bonds. The van der Waals surface area contributed by atoms with E-state index >= 15 is 0 Å². The fraction of sp³-hybridized carbons (Fsp3) is 0.273. The van der Waals surface area contributed by atoms with Crippen LogP contribution in [0.4, 0.5) is 17.1 Å². The van der Waals surface area contributed by atoms with Crippen molar-refractivity contribution in [2.24, 2.45) is 0 Å². The smallest absolute Gasteiger partial charge is 0.328 e. The maximum Gasteiger partial charge on any atom is 0.328 e. The third kappa shape index (κ3) is 4.99. The number of β-amino-alcohol motifs (C(OH)–C–C–N with tert-alkyl or cyclic N) is 1. The normalized spacial score (nSPS) is 13.3. The molecule has 0 bridgehead atoms. The second-order valence-electron chi connectivity index (χ2n) is 6.78. The summed E-state index contributed by atoms with van der Waals surface area (Å²) in [6.45, 7) is 1.80. The molecule has 1 aliphatic heterocycles. The van der Waals surface area contributed by atoms with Gasteiger partial charge in [0.15, 0.2) is 0 Å². The molecule has 158 valence electrons. The number of aliphatic carboxylic acids is 1. The number of aliphatic hydroxyl groups excluding tert-OH is 1. The second kappa shape index (κ2) is 10.2. The number of hydrogen-bond donors (Lipinski definition) is 3. The van der Waals surface area contributed by atoms with Gasteiger partial charge in [0.2, 0.25) is 0 Å². The molecule has 8 heteroatoms. The number of carbonyl (C=O) groups excluding carboxylic acids is 1. The highest BCUT2D eigenvalue weighted by Gasteiger charge is 2.30. The van der Waals surface area contributed by atoms with Gasteiger partial charge in [0.05, 0.1) is 29.2 Å². The molecule has 0 unspecified atom stereocenters. The molecule has 2 aromatic carbocycles. The zero-order valence-electron chi connectivity index (χ0n) is 16.4. The van der Waals surface area contributed by atoms with E-state index in [4.69, 9.17) is 16.7 Å². The van der Waals surface area contributed by atoms with Crippen LogP contribution in [0.25, 0.3) is 0 Å². The molecule has 3 N–H and O–H groups in total. The summed E-state index contributed by atoms with van der Waals surface area (Å²) in [5.74, 6) is -1.13. The van der Waals surface area contributed by atoms with Crippen molar-refractivity contribution in [3.63, 3.8) is 0 Å². The van der Waals surface area contributed by atoms with Crippen molar-refractivity contribution >= 4 is 40.5 Å². The average Bonchev–Trinajstić information content (AvgIpc) is 2.82. The molecule has 0 saturated heterocycles. The molecule has 0 fully saturated rings. The number of para-hydroxylation sites is 1. The lowest BCUT2D eigenvalue weighted by atomic mass is 10.1. The van der Waals surface area contributed by atoms with Crippen molar-refractivity contribution in [1.82, 2.24) is 5.32 Å². The van der Waals surface area contributed by atoms with Crippen LogP contribution >= 0.6 is 11.6 Å². The first-order chi connectivity index (χ1) is 14.5. The van der Waals surface area contributed by atoms with Crippen molar-refractivity contribution in [1.29, 1.82) is 0 Å². The highest BCUT2D eigenvalue weighted by Crippen LogP contribution is 2.41. The van der Waals surface area contributed by atoms with E-state index in [0.717, 1.165) is 23.9 Å². The summed E-state index contributed by atoms with van der Waals surface area (Å²) in [5, 5.41) is 21.9. The molecule has 0 radical (unpaired) electrons. The van der Waals surface area contributed by atoms with E-state index in [0.29, 0.717) is 35.9 Å². The monoisotopic (exact) mass is 429 g/mol. The Morgan fingerprint density at radius 2 is 1.87 bits per heavy atom. The van der Waals surface area contributed by atoms with Crippen molar-refractivity contribution in [2.75, 3.05) is 42.6 Å². The maximum atomic E-state index is 13.2. The standard InChI is InChI=1S/C22H24ClN3O4/c23-16-8-9-19-20(15-16)25(12-4-11-24-10-3-7-21(28)29)18-6-2-1-5-17(18)22(30)26(19)13-14-27/h1-3,5-9,15,24,27H,4,10-14H2,(H,28,29)/b7-3+. The minimum Gasteiger partial charge on any atom is -0.478 e. The van der Waals surface area contributed by atoms with Gasteiger partial charge in [-0.05, 0) is 43.3 Å². The van der Waals surface area contributed by atoms with E-state index in [1.165, 1.54) is 0 Å². The van der Waals surface area contributed by atoms with Gasteiger partial charge in [0.25, 0.3) is 5.91 Å². The van der Waals surface area contributed by atoms with E-state index in [1.54, 1.807) is 29.2 Å². The molecular weight excluding hydrogens is 406 g/mol. The van der Waals surface area contributed by atoms with Crippen molar-refractivity contribution in [2.45, 2.75) is 6.42 Å². The SMILES string of the molecule is O=C(O)/C=C/CNCCCN1c2ccccc2C(=O)N(CCO)c2ccc(Cl)cc21. The number of benzene rings is 2. The van der Waals surface area contributed by atoms with Gasteiger partial charge in [0, 0.05) is 30.7 Å². The molecule has 0 atom stereocenters. The van der Waals surface area contributed by atoms with Gasteiger partial charge in [-0.15, -0.1) is 0 Å². The van der Waals surface area contributed by atoms with E-state index in [-0.39, 0.29) is 19.1 Å². The predicted octanol–water partition coefficient (Wildman–Crippen LogP) is 3.05. The quantitative estimate of drug-likeness (QED) is 0.419. The Labute approximate surface area is 180 Å². The van der Waals surface area contributed by atoms with Gasteiger partial charge in [0.1, 0.15) is 0 Å². The van der Waals surface area contributed by atoms with E-state index in [1.807, 2.05) is 24.3 Å². The van der Waals surface area contributed by atoms with Crippen LogP contribution in [-0.2, 0) is 4.79 Å². The van der Waals surface area contributed by atoms with Crippen LogP contribution < -0.4 is 15.1 Å². The Morgan fingerprint density at radius 3 is 2.63 bits per heavy atom. The molecule has 7 nitrogen and oxygen atoms in total. The number of nitrogens with zero attached hydrogens (tertiary/aromatic N) is 2. The van der Waals surface area contributed by atoms with Gasteiger partial charge in [-0.2, -0.15) is 0 Å². The molecule has 0 spiro atoms. The molecule has 0 saturated carbocycles. The maximum absolute atomic E-state index is 13.2. The first kappa shape index (κ1) is 21.8. The molecule has 0 aliphatic carbocycles. The number of fused-ring (bicyclic) bond motifs is 2. The topological polar surface area (TPSA) is 93.1 Å². The van der Waals surface area contributed by atoms with Crippen LogP contribution in [0.15, 0.2) is 54.6 Å². The summed E-state index contributed by atoms with van der Waals surface area (Å²) in [6, 6.07) is 12.8. The van der Waals surface area contributed by atoms with Gasteiger partial charge in [-0.3, -0.25) is 4.79 Å². The Balaban J connectivity index is 1.87. The van der Waals surface area contributed by atoms with E-state index < -0.39 is 5.97 Å². The Hall–Kier alpha value is -2.87. The first-order valence-electron chi connectivity index (χ1n) is 9.72. The molecule has 30 heavy (non-hydrogen) atoms. The highest BCUT2D eigenvalue weighted by atomic mass is 35.5. The molecule has 3 rings (SSSR count). The number of halogens is 1. The van der Waals surface area contributed by atoms with Gasteiger partial charge >= 0.3 is 5.97 Å². The molecule has 1 aliphatic rings. The fourth-order valence-electron chi connectivity index (χ4n) is 3.49. The number of carbonyl (C=O) groups is 2. The van der Waals surface area contributed by atoms with Crippen LogP contribution in [0.2, 0.25) is 5.02 Å². The predicted molar refractivity (Wildman–Crippen MR) is 118 cm³/mol. The van der Waals surface area contributed by atoms with Crippen molar-refractivity contribution < 1.29 is 19.8 Å². The van der Waals surface area contributed by atoms with Crippen molar-refractivity contribution in [3.05, 3.63) is 65.2 Å². The lowest BCUT2D eigenvalue weighted by molar-refractivity contribution is -0.131. The number of hydrogen-bond acceptors (Lipinski definition) is 5. The van der Waals surface area contributed by atoms with Crippen LogP contribution in [0, 0.1) is 0 Å².